The lowest BCUT2D eigenvalue weighted by Gasteiger charge is -2.14. The number of ether oxygens (including phenoxy) is 2. The minimum Gasteiger partial charge on any atom is -0.465 e. The summed E-state index contributed by atoms with van der Waals surface area (Å²) in [6.45, 7) is 4.05. The third-order valence-electron chi connectivity index (χ3n) is 5.49. The molecule has 0 bridgehead atoms. The van der Waals surface area contributed by atoms with Crippen LogP contribution in [0.3, 0.4) is 0 Å². The van der Waals surface area contributed by atoms with Gasteiger partial charge in [-0.3, -0.25) is 4.79 Å². The van der Waals surface area contributed by atoms with E-state index in [9.17, 15) is 9.59 Å². The van der Waals surface area contributed by atoms with Crippen molar-refractivity contribution in [2.75, 3.05) is 16.6 Å². The molecule has 0 radical (unpaired) electrons. The molecule has 0 fully saturated rings. The number of rotatable bonds is 10. The Morgan fingerprint density at radius 1 is 0.684 bits per heavy atom. The minimum absolute atomic E-state index is 0.281. The molecule has 0 aliphatic carbocycles. The first-order chi connectivity index (χ1) is 18.3. The number of nitrogens with two attached hydrogens (primary N) is 1. The second kappa shape index (κ2) is 12.4. The second-order valence-electron chi connectivity index (χ2n) is 8.41. The third-order valence-corrected chi connectivity index (χ3v) is 7.15. The lowest BCUT2D eigenvalue weighted by molar-refractivity contribution is 0.0601. The predicted molar refractivity (Wildman–Crippen MR) is 154 cm³/mol. The number of hydrogen-bond acceptors (Lipinski definition) is 8. The Labute approximate surface area is 230 Å². The molecule has 1 amide bonds. The minimum atomic E-state index is -0.592. The van der Waals surface area contributed by atoms with Crippen molar-refractivity contribution >= 4 is 47.1 Å². The molecule has 4 aromatic carbocycles. The van der Waals surface area contributed by atoms with Gasteiger partial charge in [0.15, 0.2) is 0 Å². The van der Waals surface area contributed by atoms with Crippen LogP contribution in [0.25, 0.3) is 0 Å². The number of hydrogen-bond donors (Lipinski definition) is 3. The number of aryl methyl sites for hydroxylation is 2. The lowest BCUT2D eigenvalue weighted by atomic mass is 10.1. The number of carbonyl (C=O) groups is 2. The average Bonchev–Trinajstić information content (AvgIpc) is 2.92. The van der Waals surface area contributed by atoms with Gasteiger partial charge >= 0.3 is 5.97 Å². The van der Waals surface area contributed by atoms with E-state index in [2.05, 4.69) is 9.44 Å². The van der Waals surface area contributed by atoms with Gasteiger partial charge in [0, 0.05) is 9.79 Å². The topological polar surface area (TPSA) is 103 Å². The van der Waals surface area contributed by atoms with E-state index < -0.39 is 11.9 Å². The van der Waals surface area contributed by atoms with Crippen molar-refractivity contribution in [1.82, 2.24) is 0 Å². The quantitative estimate of drug-likeness (QED) is 0.142. The molecule has 4 rings (SSSR count). The number of nitrogens with one attached hydrogen (secondary N) is 2. The monoisotopic (exact) mass is 545 g/mol. The lowest BCUT2D eigenvalue weighted by Crippen LogP contribution is -2.13. The number of primary amides is 1. The van der Waals surface area contributed by atoms with Crippen LogP contribution < -0.4 is 19.9 Å². The molecule has 9 heteroatoms. The standard InChI is InChI=1S/C29H27N3O4S2/c1-18-4-10-22(11-5-18)37-31-26-14-8-20(16-24(26)28(30)33)36-21-9-15-27(25(17-21)29(34)35-3)32-38-23-12-6-19(2)7-13-23/h4-17,31-32H,1-3H3,(H2,30,33). The van der Waals surface area contributed by atoms with E-state index in [4.69, 9.17) is 15.2 Å². The summed E-state index contributed by atoms with van der Waals surface area (Å²) in [5.41, 5.74) is 9.72. The van der Waals surface area contributed by atoms with Gasteiger partial charge in [0.2, 0.25) is 0 Å². The summed E-state index contributed by atoms with van der Waals surface area (Å²) in [5, 5.41) is 0. The van der Waals surface area contributed by atoms with Crippen LogP contribution in [0.15, 0.2) is 94.7 Å². The first kappa shape index (κ1) is 27.0. The Morgan fingerprint density at radius 3 is 1.58 bits per heavy atom. The molecule has 4 aromatic rings. The molecule has 0 aromatic heterocycles. The van der Waals surface area contributed by atoms with Crippen molar-refractivity contribution in [1.29, 1.82) is 0 Å². The number of benzene rings is 4. The number of amides is 1. The normalized spacial score (nSPS) is 10.5. The molecule has 7 nitrogen and oxygen atoms in total. The highest BCUT2D eigenvalue weighted by Gasteiger charge is 2.16. The zero-order chi connectivity index (χ0) is 27.1. The maximum Gasteiger partial charge on any atom is 0.340 e. The number of methoxy groups -OCH3 is 1. The van der Waals surface area contributed by atoms with Crippen molar-refractivity contribution < 1.29 is 19.1 Å². The third kappa shape index (κ3) is 7.02. The fraction of sp³-hybridized carbons (Fsp3) is 0.103. The van der Waals surface area contributed by atoms with Crippen molar-refractivity contribution in [3.05, 3.63) is 107 Å². The summed E-state index contributed by atoms with van der Waals surface area (Å²) in [6.07, 6.45) is 0. The molecule has 0 unspecified atom stereocenters. The molecular weight excluding hydrogens is 518 g/mol. The molecule has 38 heavy (non-hydrogen) atoms. The summed E-state index contributed by atoms with van der Waals surface area (Å²) in [4.78, 5) is 26.7. The van der Waals surface area contributed by atoms with Gasteiger partial charge in [-0.15, -0.1) is 0 Å². The van der Waals surface area contributed by atoms with Crippen molar-refractivity contribution in [2.45, 2.75) is 23.6 Å². The van der Waals surface area contributed by atoms with Crippen LogP contribution in [0.2, 0.25) is 0 Å². The Hall–Kier alpha value is -4.08. The van der Waals surface area contributed by atoms with E-state index >= 15 is 0 Å². The smallest absolute Gasteiger partial charge is 0.340 e. The highest BCUT2D eigenvalue weighted by atomic mass is 32.2. The SMILES string of the molecule is COC(=O)c1cc(Oc2ccc(NSc3ccc(C)cc3)c(C(N)=O)c2)ccc1NSc1ccc(C)cc1. The van der Waals surface area contributed by atoms with Crippen LogP contribution in [0.5, 0.6) is 11.5 Å². The largest absolute Gasteiger partial charge is 0.465 e. The van der Waals surface area contributed by atoms with E-state index in [1.165, 1.54) is 36.6 Å². The zero-order valence-corrected chi connectivity index (χ0v) is 22.7. The van der Waals surface area contributed by atoms with Gasteiger partial charge in [0.1, 0.15) is 11.5 Å². The molecule has 0 saturated heterocycles. The molecule has 0 aliphatic heterocycles. The van der Waals surface area contributed by atoms with Gasteiger partial charge in [0.25, 0.3) is 5.91 Å². The summed E-state index contributed by atoms with van der Waals surface area (Å²) >= 11 is 2.76. The first-order valence-corrected chi connectivity index (χ1v) is 13.3. The molecule has 0 aliphatic rings. The van der Waals surface area contributed by atoms with Gasteiger partial charge in [-0.25, -0.2) is 4.79 Å². The molecule has 0 atom stereocenters. The number of carbonyl (C=O) groups excluding carboxylic acids is 2. The van der Waals surface area contributed by atoms with Gasteiger partial charge in [-0.2, -0.15) is 0 Å². The zero-order valence-electron chi connectivity index (χ0n) is 21.1. The van der Waals surface area contributed by atoms with Crippen LogP contribution in [0.4, 0.5) is 11.4 Å². The predicted octanol–water partition coefficient (Wildman–Crippen LogP) is 7.22. The highest BCUT2D eigenvalue weighted by Crippen LogP contribution is 2.33. The van der Waals surface area contributed by atoms with E-state index in [0.29, 0.717) is 28.4 Å². The summed E-state index contributed by atoms with van der Waals surface area (Å²) in [5.74, 6) is -0.296. The summed E-state index contributed by atoms with van der Waals surface area (Å²) < 4.78 is 17.3. The Balaban J connectivity index is 1.51. The van der Waals surface area contributed by atoms with E-state index in [1.54, 1.807) is 36.4 Å². The van der Waals surface area contributed by atoms with Crippen molar-refractivity contribution in [3.63, 3.8) is 0 Å². The van der Waals surface area contributed by atoms with E-state index in [-0.39, 0.29) is 5.56 Å². The fourth-order valence-electron chi connectivity index (χ4n) is 3.41. The Bertz CT molecular complexity index is 1440. The van der Waals surface area contributed by atoms with Gasteiger partial charge in [-0.1, -0.05) is 35.4 Å². The van der Waals surface area contributed by atoms with Crippen LogP contribution in [-0.2, 0) is 4.74 Å². The van der Waals surface area contributed by atoms with Crippen LogP contribution in [0.1, 0.15) is 31.8 Å². The van der Waals surface area contributed by atoms with Crippen LogP contribution in [-0.4, -0.2) is 19.0 Å². The van der Waals surface area contributed by atoms with E-state index in [1.807, 2.05) is 62.4 Å². The average molecular weight is 546 g/mol. The molecule has 194 valence electrons. The van der Waals surface area contributed by atoms with Crippen molar-refractivity contribution in [3.8, 4) is 11.5 Å². The Kier molecular flexibility index (Phi) is 8.83. The maximum absolute atomic E-state index is 12.5. The van der Waals surface area contributed by atoms with Crippen molar-refractivity contribution in [2.24, 2.45) is 5.73 Å². The second-order valence-corrected chi connectivity index (χ2v) is 10.2. The fourth-order valence-corrected chi connectivity index (χ4v) is 4.77. The van der Waals surface area contributed by atoms with Gasteiger partial charge in [0.05, 0.1) is 29.6 Å². The maximum atomic E-state index is 12.5. The number of esters is 1. The highest BCUT2D eigenvalue weighted by molar-refractivity contribution is 8.00. The van der Waals surface area contributed by atoms with E-state index in [0.717, 1.165) is 15.4 Å². The molecular formula is C29H27N3O4S2. The Morgan fingerprint density at radius 2 is 1.13 bits per heavy atom. The van der Waals surface area contributed by atoms with Gasteiger partial charge < -0.3 is 24.7 Å². The molecule has 0 saturated carbocycles. The van der Waals surface area contributed by atoms with Crippen LogP contribution in [0, 0.1) is 13.8 Å². The number of anilines is 2. The molecule has 0 spiro atoms. The molecule has 4 N–H and O–H groups in total. The summed E-state index contributed by atoms with van der Waals surface area (Å²) in [7, 11) is 1.33. The van der Waals surface area contributed by atoms with Crippen LogP contribution >= 0.6 is 23.9 Å². The first-order valence-electron chi connectivity index (χ1n) is 11.7. The summed E-state index contributed by atoms with van der Waals surface area (Å²) in [6, 6.07) is 26.1. The molecule has 0 heterocycles. The van der Waals surface area contributed by atoms with Gasteiger partial charge in [-0.05, 0) is 98.4 Å².